The molecule has 0 aromatic heterocycles. The van der Waals surface area contributed by atoms with Crippen LogP contribution in [0.15, 0.2) is 48.5 Å². The van der Waals surface area contributed by atoms with Crippen LogP contribution >= 0.6 is 0 Å². The molecule has 1 amide bonds. The van der Waals surface area contributed by atoms with Crippen molar-refractivity contribution in [3.8, 4) is 11.5 Å². The number of halogens is 1. The third-order valence-corrected chi connectivity index (χ3v) is 3.49. The molecule has 2 aromatic rings. The largest absolute Gasteiger partial charge is 0.494 e. The first-order valence-electron chi connectivity index (χ1n) is 8.10. The van der Waals surface area contributed by atoms with Gasteiger partial charge in [0.1, 0.15) is 17.3 Å². The highest BCUT2D eigenvalue weighted by atomic mass is 19.1. The monoisotopic (exact) mass is 361 g/mol. The molecule has 7 heteroatoms. The Balaban J connectivity index is 1.93. The number of carbonyl (C=O) groups excluding carboxylic acids is 1. The lowest BCUT2D eigenvalue weighted by atomic mass is 10.0. The van der Waals surface area contributed by atoms with Gasteiger partial charge in [0.2, 0.25) is 0 Å². The molecule has 138 valence electrons. The number of rotatable bonds is 9. The van der Waals surface area contributed by atoms with E-state index in [9.17, 15) is 14.0 Å². The van der Waals surface area contributed by atoms with E-state index in [1.807, 2.05) is 6.92 Å². The van der Waals surface area contributed by atoms with Crippen LogP contribution in [-0.2, 0) is 9.59 Å². The number of ether oxygens (including phenoxy) is 2. The quantitative estimate of drug-likeness (QED) is 0.717. The highest BCUT2D eigenvalue weighted by molar-refractivity contribution is 5.79. The van der Waals surface area contributed by atoms with Crippen molar-refractivity contribution < 1.29 is 28.6 Å². The van der Waals surface area contributed by atoms with Crippen LogP contribution in [0.1, 0.15) is 24.9 Å². The summed E-state index contributed by atoms with van der Waals surface area (Å²) in [4.78, 5) is 23.1. The molecule has 0 aliphatic heterocycles. The first-order valence-corrected chi connectivity index (χ1v) is 8.10. The summed E-state index contributed by atoms with van der Waals surface area (Å²) >= 11 is 0. The lowest BCUT2D eigenvalue weighted by Gasteiger charge is -2.17. The minimum Gasteiger partial charge on any atom is -0.494 e. The van der Waals surface area contributed by atoms with Crippen LogP contribution in [0.2, 0.25) is 0 Å². The number of carboxylic acid groups (broad SMARTS) is 1. The Bertz CT molecular complexity index is 731. The molecule has 2 rings (SSSR count). The summed E-state index contributed by atoms with van der Waals surface area (Å²) in [6.07, 6.45) is -0.319. The van der Waals surface area contributed by atoms with E-state index in [-0.39, 0.29) is 13.0 Å². The maximum atomic E-state index is 13.0. The Morgan fingerprint density at radius 2 is 1.62 bits per heavy atom. The molecule has 2 N–H and O–H groups in total. The molecule has 0 aliphatic carbocycles. The summed E-state index contributed by atoms with van der Waals surface area (Å²) in [5.74, 6) is -0.809. The van der Waals surface area contributed by atoms with Gasteiger partial charge in [0.25, 0.3) is 5.91 Å². The summed E-state index contributed by atoms with van der Waals surface area (Å²) < 4.78 is 23.7. The van der Waals surface area contributed by atoms with Gasteiger partial charge in [-0.3, -0.25) is 9.59 Å². The lowest BCUT2D eigenvalue weighted by molar-refractivity contribution is -0.137. The molecule has 0 bridgehead atoms. The van der Waals surface area contributed by atoms with Crippen LogP contribution in [0.5, 0.6) is 11.5 Å². The Hall–Kier alpha value is -3.09. The minimum atomic E-state index is -1.08. The molecular weight excluding hydrogens is 341 g/mol. The number of carbonyl (C=O) groups is 2. The summed E-state index contributed by atoms with van der Waals surface area (Å²) in [5, 5.41) is 11.6. The molecule has 1 unspecified atom stereocenters. The first kappa shape index (κ1) is 19.2. The van der Waals surface area contributed by atoms with Crippen LogP contribution in [-0.4, -0.2) is 30.2 Å². The summed E-state index contributed by atoms with van der Waals surface area (Å²) in [6, 6.07) is 11.3. The molecule has 0 saturated carbocycles. The van der Waals surface area contributed by atoms with Crippen LogP contribution in [0.3, 0.4) is 0 Å². The third-order valence-electron chi connectivity index (χ3n) is 3.49. The Morgan fingerprint density at radius 1 is 1.04 bits per heavy atom. The van der Waals surface area contributed by atoms with E-state index in [4.69, 9.17) is 14.6 Å². The van der Waals surface area contributed by atoms with Gasteiger partial charge in [0.15, 0.2) is 6.61 Å². The summed E-state index contributed by atoms with van der Waals surface area (Å²) in [7, 11) is 0. The SMILES string of the molecule is CCOc1ccc(OCC(=O)NC(CC(=O)O)c2ccc(F)cc2)cc1. The molecule has 6 nitrogen and oxygen atoms in total. The number of benzene rings is 2. The highest BCUT2D eigenvalue weighted by Crippen LogP contribution is 2.19. The van der Waals surface area contributed by atoms with Crippen LogP contribution in [0.25, 0.3) is 0 Å². The third kappa shape index (κ3) is 6.08. The molecule has 2 aromatic carbocycles. The first-order chi connectivity index (χ1) is 12.5. The Kier molecular flexibility index (Phi) is 6.96. The van der Waals surface area contributed by atoms with Gasteiger partial charge in [-0.2, -0.15) is 0 Å². The molecule has 0 spiro atoms. The Morgan fingerprint density at radius 3 is 2.15 bits per heavy atom. The zero-order valence-electron chi connectivity index (χ0n) is 14.3. The fraction of sp³-hybridized carbons (Fsp3) is 0.263. The smallest absolute Gasteiger partial charge is 0.305 e. The average molecular weight is 361 g/mol. The van der Waals surface area contributed by atoms with E-state index in [1.54, 1.807) is 24.3 Å². The van der Waals surface area contributed by atoms with E-state index in [0.29, 0.717) is 23.7 Å². The van der Waals surface area contributed by atoms with Crippen LogP contribution < -0.4 is 14.8 Å². The van der Waals surface area contributed by atoms with E-state index >= 15 is 0 Å². The predicted octanol–water partition coefficient (Wildman–Crippen LogP) is 2.94. The topological polar surface area (TPSA) is 84.9 Å². The maximum absolute atomic E-state index is 13.0. The van der Waals surface area contributed by atoms with Crippen molar-refractivity contribution in [2.45, 2.75) is 19.4 Å². The van der Waals surface area contributed by atoms with Crippen LogP contribution in [0, 0.1) is 5.82 Å². The van der Waals surface area contributed by atoms with Gasteiger partial charge >= 0.3 is 5.97 Å². The van der Waals surface area contributed by atoms with Crippen molar-refractivity contribution in [3.63, 3.8) is 0 Å². The summed E-state index contributed by atoms with van der Waals surface area (Å²) in [6.45, 7) is 2.16. The number of hydrogen-bond donors (Lipinski definition) is 2. The van der Waals surface area contributed by atoms with Gasteiger partial charge < -0.3 is 19.9 Å². The molecule has 0 aliphatic rings. The average Bonchev–Trinajstić information content (AvgIpc) is 2.61. The predicted molar refractivity (Wildman–Crippen MR) is 92.6 cm³/mol. The van der Waals surface area contributed by atoms with Gasteiger partial charge in [-0.05, 0) is 48.9 Å². The van der Waals surface area contributed by atoms with E-state index in [0.717, 1.165) is 0 Å². The fourth-order valence-electron chi connectivity index (χ4n) is 2.31. The standard InChI is InChI=1S/C19H20FNO5/c1-2-25-15-7-9-16(10-8-15)26-12-18(22)21-17(11-19(23)24)13-3-5-14(20)6-4-13/h3-10,17H,2,11-12H2,1H3,(H,21,22)(H,23,24). The highest BCUT2D eigenvalue weighted by Gasteiger charge is 2.18. The molecule has 1 atom stereocenters. The van der Waals surface area contributed by atoms with Crippen LogP contribution in [0.4, 0.5) is 4.39 Å². The molecule has 0 saturated heterocycles. The van der Waals surface area contributed by atoms with Gasteiger partial charge in [-0.25, -0.2) is 4.39 Å². The number of amides is 1. The number of hydrogen-bond acceptors (Lipinski definition) is 4. The molecule has 0 fully saturated rings. The number of carboxylic acids is 1. The second kappa shape index (κ2) is 9.41. The zero-order valence-corrected chi connectivity index (χ0v) is 14.3. The maximum Gasteiger partial charge on any atom is 0.305 e. The van der Waals surface area contributed by atoms with E-state index in [1.165, 1.54) is 24.3 Å². The molecule has 0 radical (unpaired) electrons. The Labute approximate surface area is 150 Å². The van der Waals surface area contributed by atoms with Gasteiger partial charge in [-0.15, -0.1) is 0 Å². The number of nitrogens with one attached hydrogen (secondary N) is 1. The van der Waals surface area contributed by atoms with Crippen molar-refractivity contribution in [2.75, 3.05) is 13.2 Å². The second-order valence-electron chi connectivity index (χ2n) is 5.46. The van der Waals surface area contributed by atoms with E-state index in [2.05, 4.69) is 5.32 Å². The minimum absolute atomic E-state index is 0.273. The fourth-order valence-corrected chi connectivity index (χ4v) is 2.31. The number of aliphatic carboxylic acids is 1. The normalized spacial score (nSPS) is 11.5. The molecule has 0 heterocycles. The zero-order chi connectivity index (χ0) is 18.9. The van der Waals surface area contributed by atoms with Crippen molar-refractivity contribution in [3.05, 3.63) is 59.9 Å². The summed E-state index contributed by atoms with van der Waals surface area (Å²) in [5.41, 5.74) is 0.503. The van der Waals surface area contributed by atoms with Gasteiger partial charge in [0, 0.05) is 0 Å². The molecule has 26 heavy (non-hydrogen) atoms. The van der Waals surface area contributed by atoms with Crippen molar-refractivity contribution in [2.24, 2.45) is 0 Å². The van der Waals surface area contributed by atoms with Crippen molar-refractivity contribution >= 4 is 11.9 Å². The second-order valence-corrected chi connectivity index (χ2v) is 5.46. The van der Waals surface area contributed by atoms with Gasteiger partial charge in [-0.1, -0.05) is 12.1 Å². The molecular formula is C19H20FNO5. The van der Waals surface area contributed by atoms with Gasteiger partial charge in [0.05, 0.1) is 19.1 Å². The van der Waals surface area contributed by atoms with Crippen molar-refractivity contribution in [1.82, 2.24) is 5.32 Å². The van der Waals surface area contributed by atoms with E-state index < -0.39 is 23.7 Å². The lowest BCUT2D eigenvalue weighted by Crippen LogP contribution is -2.33. The van der Waals surface area contributed by atoms with Crippen molar-refractivity contribution in [1.29, 1.82) is 0 Å².